The lowest BCUT2D eigenvalue weighted by Gasteiger charge is -2.20. The maximum absolute atomic E-state index is 8.75. The molecule has 1 atom stereocenters. The second kappa shape index (κ2) is 5.41. The highest BCUT2D eigenvalue weighted by Gasteiger charge is 2.15. The molecule has 0 saturated heterocycles. The van der Waals surface area contributed by atoms with Gasteiger partial charge < -0.3 is 14.6 Å². The molecule has 16 heavy (non-hydrogen) atoms. The molecular weight excluding hydrogens is 228 g/mol. The van der Waals surface area contributed by atoms with E-state index in [1.54, 1.807) is 0 Å². The van der Waals surface area contributed by atoms with Gasteiger partial charge in [0.25, 0.3) is 0 Å². The van der Waals surface area contributed by atoms with Gasteiger partial charge in [-0.2, -0.15) is 0 Å². The molecule has 0 amide bonds. The Bertz CT molecular complexity index is 354. The van der Waals surface area contributed by atoms with E-state index in [-0.39, 0.29) is 12.0 Å². The van der Waals surface area contributed by atoms with Crippen molar-refractivity contribution in [3.8, 4) is 11.5 Å². The van der Waals surface area contributed by atoms with Gasteiger partial charge in [-0.1, -0.05) is 6.07 Å². The van der Waals surface area contributed by atoms with Gasteiger partial charge in [-0.05, 0) is 30.5 Å². The van der Waals surface area contributed by atoms with Gasteiger partial charge in [-0.3, -0.25) is 0 Å². The molecule has 0 saturated carbocycles. The predicted octanol–water partition coefficient (Wildman–Crippen LogP) is 2.51. The largest absolute Gasteiger partial charge is 0.486 e. The fourth-order valence-corrected chi connectivity index (χ4v) is 1.98. The van der Waals surface area contributed by atoms with Crippen LogP contribution in [0.3, 0.4) is 0 Å². The summed E-state index contributed by atoms with van der Waals surface area (Å²) < 4.78 is 10.9. The number of alkyl halides is 1. The molecule has 1 aromatic carbocycles. The summed E-state index contributed by atoms with van der Waals surface area (Å²) in [5, 5.41) is 8.67. The first-order valence-electron chi connectivity index (χ1n) is 5.46. The maximum atomic E-state index is 8.75. The predicted molar refractivity (Wildman–Crippen MR) is 62.3 cm³/mol. The number of rotatable bonds is 4. The lowest BCUT2D eigenvalue weighted by atomic mass is 10.1. The number of aliphatic hydroxyl groups excluding tert-OH is 1. The second-order valence-electron chi connectivity index (χ2n) is 3.74. The fourth-order valence-electron chi connectivity index (χ4n) is 1.69. The molecule has 88 valence electrons. The zero-order valence-corrected chi connectivity index (χ0v) is 9.74. The van der Waals surface area contributed by atoms with E-state index in [0.717, 1.165) is 23.5 Å². The van der Waals surface area contributed by atoms with E-state index in [1.807, 2.05) is 18.2 Å². The van der Waals surface area contributed by atoms with Crippen molar-refractivity contribution >= 4 is 11.6 Å². The summed E-state index contributed by atoms with van der Waals surface area (Å²) in [5.41, 5.74) is 1.01. The van der Waals surface area contributed by atoms with E-state index in [2.05, 4.69) is 0 Å². The van der Waals surface area contributed by atoms with Crippen molar-refractivity contribution in [3.05, 3.63) is 23.8 Å². The number of fused-ring (bicyclic) bond motifs is 1. The molecule has 0 aromatic heterocycles. The zero-order chi connectivity index (χ0) is 11.4. The molecule has 0 spiro atoms. The van der Waals surface area contributed by atoms with Crippen LogP contribution in [0.25, 0.3) is 0 Å². The van der Waals surface area contributed by atoms with E-state index in [9.17, 15) is 0 Å². The molecule has 0 bridgehead atoms. The van der Waals surface area contributed by atoms with Crippen LogP contribution in [0, 0.1) is 0 Å². The van der Waals surface area contributed by atoms with Crippen LogP contribution in [0.1, 0.15) is 23.8 Å². The molecule has 0 fully saturated rings. The normalized spacial score (nSPS) is 15.9. The minimum absolute atomic E-state index is 0.0806. The number of hydrogen-bond acceptors (Lipinski definition) is 3. The molecular formula is C12H15ClO3. The maximum Gasteiger partial charge on any atom is 0.161 e. The van der Waals surface area contributed by atoms with Crippen LogP contribution in [-0.4, -0.2) is 24.9 Å². The molecule has 1 aliphatic heterocycles. The highest BCUT2D eigenvalue weighted by Crippen LogP contribution is 2.35. The van der Waals surface area contributed by atoms with Crippen LogP contribution in [0.2, 0.25) is 0 Å². The Morgan fingerprint density at radius 2 is 2.00 bits per heavy atom. The van der Waals surface area contributed by atoms with Gasteiger partial charge in [0.05, 0.1) is 5.38 Å². The van der Waals surface area contributed by atoms with Crippen molar-refractivity contribution in [3.63, 3.8) is 0 Å². The van der Waals surface area contributed by atoms with E-state index in [0.29, 0.717) is 19.6 Å². The third kappa shape index (κ3) is 2.60. The summed E-state index contributed by atoms with van der Waals surface area (Å²) in [6, 6.07) is 5.75. The van der Waals surface area contributed by atoms with Crippen molar-refractivity contribution in [2.24, 2.45) is 0 Å². The minimum atomic E-state index is -0.0806. The standard InChI is InChI=1S/C12H15ClO3/c13-10(2-1-5-14)9-3-4-11-12(8-9)16-7-6-15-11/h3-4,8,10,14H,1-2,5-7H2. The molecule has 4 heteroatoms. The molecule has 3 nitrogen and oxygen atoms in total. The topological polar surface area (TPSA) is 38.7 Å². The average Bonchev–Trinajstić information content (AvgIpc) is 2.35. The van der Waals surface area contributed by atoms with Gasteiger partial charge in [0, 0.05) is 6.61 Å². The smallest absolute Gasteiger partial charge is 0.161 e. The fraction of sp³-hybridized carbons (Fsp3) is 0.500. The molecule has 1 heterocycles. The number of benzene rings is 1. The van der Waals surface area contributed by atoms with Gasteiger partial charge >= 0.3 is 0 Å². The first kappa shape index (κ1) is 11.6. The monoisotopic (exact) mass is 242 g/mol. The Hall–Kier alpha value is -0.930. The molecule has 1 aliphatic rings. The van der Waals surface area contributed by atoms with Crippen molar-refractivity contribution < 1.29 is 14.6 Å². The molecule has 1 unspecified atom stereocenters. The Morgan fingerprint density at radius 1 is 1.25 bits per heavy atom. The molecule has 2 rings (SSSR count). The van der Waals surface area contributed by atoms with E-state index in [1.165, 1.54) is 0 Å². The van der Waals surface area contributed by atoms with Crippen molar-refractivity contribution in [2.45, 2.75) is 18.2 Å². The third-order valence-corrected chi connectivity index (χ3v) is 3.01. The highest BCUT2D eigenvalue weighted by molar-refractivity contribution is 6.20. The Labute approximate surface area is 99.9 Å². The first-order valence-corrected chi connectivity index (χ1v) is 5.89. The Kier molecular flexibility index (Phi) is 3.91. The lowest BCUT2D eigenvalue weighted by molar-refractivity contribution is 0.171. The first-order chi connectivity index (χ1) is 7.81. The number of aliphatic hydroxyl groups is 1. The van der Waals surface area contributed by atoms with Gasteiger partial charge in [0.1, 0.15) is 13.2 Å². The number of halogens is 1. The summed E-state index contributed by atoms with van der Waals surface area (Å²) in [6.45, 7) is 1.36. The number of hydrogen-bond donors (Lipinski definition) is 1. The van der Waals surface area contributed by atoms with E-state index < -0.39 is 0 Å². The highest BCUT2D eigenvalue weighted by atomic mass is 35.5. The molecule has 0 radical (unpaired) electrons. The zero-order valence-electron chi connectivity index (χ0n) is 8.99. The van der Waals surface area contributed by atoms with Crippen LogP contribution in [0.15, 0.2) is 18.2 Å². The SMILES string of the molecule is OCCCC(Cl)c1ccc2c(c1)OCCO2. The molecule has 0 aliphatic carbocycles. The van der Waals surface area contributed by atoms with Crippen molar-refractivity contribution in [1.82, 2.24) is 0 Å². The number of ether oxygens (including phenoxy) is 2. The van der Waals surface area contributed by atoms with Gasteiger partial charge in [-0.25, -0.2) is 0 Å². The summed E-state index contributed by atoms with van der Waals surface area (Å²) >= 11 is 6.22. The van der Waals surface area contributed by atoms with Crippen molar-refractivity contribution in [2.75, 3.05) is 19.8 Å². The quantitative estimate of drug-likeness (QED) is 0.825. The molecule has 1 aromatic rings. The summed E-state index contributed by atoms with van der Waals surface area (Å²) in [5.74, 6) is 1.54. The van der Waals surface area contributed by atoms with Crippen LogP contribution in [0.5, 0.6) is 11.5 Å². The van der Waals surface area contributed by atoms with Crippen LogP contribution in [-0.2, 0) is 0 Å². The van der Waals surface area contributed by atoms with Crippen LogP contribution in [0.4, 0.5) is 0 Å². The van der Waals surface area contributed by atoms with Crippen LogP contribution >= 0.6 is 11.6 Å². The van der Waals surface area contributed by atoms with Gasteiger partial charge in [-0.15, -0.1) is 11.6 Å². The Morgan fingerprint density at radius 3 is 2.75 bits per heavy atom. The van der Waals surface area contributed by atoms with Crippen molar-refractivity contribution in [1.29, 1.82) is 0 Å². The van der Waals surface area contributed by atoms with E-state index in [4.69, 9.17) is 26.2 Å². The minimum Gasteiger partial charge on any atom is -0.486 e. The third-order valence-electron chi connectivity index (χ3n) is 2.54. The van der Waals surface area contributed by atoms with E-state index >= 15 is 0 Å². The van der Waals surface area contributed by atoms with Gasteiger partial charge in [0.15, 0.2) is 11.5 Å². The Balaban J connectivity index is 2.10. The van der Waals surface area contributed by atoms with Gasteiger partial charge in [0.2, 0.25) is 0 Å². The summed E-state index contributed by atoms with van der Waals surface area (Å²) in [4.78, 5) is 0. The summed E-state index contributed by atoms with van der Waals surface area (Å²) in [7, 11) is 0. The van der Waals surface area contributed by atoms with Crippen LogP contribution < -0.4 is 9.47 Å². The summed E-state index contributed by atoms with van der Waals surface area (Å²) in [6.07, 6.45) is 1.47. The molecule has 1 N–H and O–H groups in total. The second-order valence-corrected chi connectivity index (χ2v) is 4.26. The lowest BCUT2D eigenvalue weighted by Crippen LogP contribution is -2.15. The average molecular weight is 243 g/mol.